The Morgan fingerprint density at radius 2 is 1.47 bits per heavy atom. The van der Waals surface area contributed by atoms with Gasteiger partial charge in [0.05, 0.1) is 23.2 Å². The van der Waals surface area contributed by atoms with Crippen LogP contribution in [0.4, 0.5) is 45.3 Å². The molecule has 1 fully saturated rings. The minimum atomic E-state index is -5.00. The minimum Gasteiger partial charge on any atom is -0.481 e. The van der Waals surface area contributed by atoms with Crippen LogP contribution < -0.4 is 10.6 Å². The van der Waals surface area contributed by atoms with Crippen molar-refractivity contribution in [2.24, 2.45) is 11.8 Å². The Kier molecular flexibility index (Phi) is 11.7. The van der Waals surface area contributed by atoms with Crippen LogP contribution >= 0.6 is 0 Å². The van der Waals surface area contributed by atoms with Gasteiger partial charge in [0, 0.05) is 30.8 Å². The van der Waals surface area contributed by atoms with Crippen LogP contribution in [-0.4, -0.2) is 27.4 Å². The molecule has 0 radical (unpaired) electrons. The number of aromatic nitrogens is 2. The van der Waals surface area contributed by atoms with Crippen molar-refractivity contribution in [1.82, 2.24) is 15.1 Å². The molecule has 2 aromatic carbocycles. The number of carboxylic acids is 1. The first-order chi connectivity index (χ1) is 22.7. The third-order valence-corrected chi connectivity index (χ3v) is 9.08. The Labute approximate surface area is 278 Å². The molecular formula is C34H39F9N4O2. The second-order valence-electron chi connectivity index (χ2n) is 12.8. The fourth-order valence-electron chi connectivity index (χ4n) is 6.45. The SMILES string of the molecule is CCC(NCC1CCC(CC(=O)O)CC1)c1cc(C)c(C(F)(F)F)cc1CNc1cc(C)n(Cc2cc(C(F)(F)F)cc(C(F)(F)F)c2)n1. The van der Waals surface area contributed by atoms with E-state index in [9.17, 15) is 44.3 Å². The lowest BCUT2D eigenvalue weighted by Gasteiger charge is -2.30. The molecule has 3 aromatic rings. The fourth-order valence-corrected chi connectivity index (χ4v) is 6.45. The molecule has 0 spiro atoms. The lowest BCUT2D eigenvalue weighted by molar-refractivity contribution is -0.143. The number of nitrogens with one attached hydrogen (secondary N) is 2. The van der Waals surface area contributed by atoms with E-state index in [0.29, 0.717) is 47.8 Å². The molecule has 1 unspecified atom stereocenters. The van der Waals surface area contributed by atoms with Crippen LogP contribution in [0.25, 0.3) is 0 Å². The highest BCUT2D eigenvalue weighted by atomic mass is 19.4. The molecule has 1 atom stereocenters. The number of aryl methyl sites for hydroxylation is 2. The van der Waals surface area contributed by atoms with Crippen molar-refractivity contribution in [2.45, 2.75) is 97.0 Å². The zero-order valence-electron chi connectivity index (χ0n) is 27.2. The highest BCUT2D eigenvalue weighted by molar-refractivity contribution is 5.67. The molecule has 49 heavy (non-hydrogen) atoms. The van der Waals surface area contributed by atoms with Gasteiger partial charge in [-0.3, -0.25) is 9.48 Å². The van der Waals surface area contributed by atoms with Crippen LogP contribution in [-0.2, 0) is 36.4 Å². The molecule has 270 valence electrons. The Bertz CT molecular complexity index is 1570. The molecule has 4 rings (SSSR count). The molecule has 1 aliphatic rings. The second-order valence-corrected chi connectivity index (χ2v) is 12.8. The summed E-state index contributed by atoms with van der Waals surface area (Å²) in [5, 5.41) is 19.8. The highest BCUT2D eigenvalue weighted by Crippen LogP contribution is 2.38. The number of nitrogens with zero attached hydrogens (tertiary/aromatic N) is 2. The van der Waals surface area contributed by atoms with Crippen molar-refractivity contribution < 1.29 is 49.4 Å². The Morgan fingerprint density at radius 3 is 2.00 bits per heavy atom. The zero-order valence-corrected chi connectivity index (χ0v) is 27.2. The predicted octanol–water partition coefficient (Wildman–Crippen LogP) is 9.54. The van der Waals surface area contributed by atoms with Crippen molar-refractivity contribution in [2.75, 3.05) is 11.9 Å². The van der Waals surface area contributed by atoms with Crippen molar-refractivity contribution in [3.8, 4) is 0 Å². The molecule has 15 heteroatoms. The van der Waals surface area contributed by atoms with Crippen LogP contribution in [0.3, 0.4) is 0 Å². The molecule has 3 N–H and O–H groups in total. The van der Waals surface area contributed by atoms with Gasteiger partial charge in [0.15, 0.2) is 0 Å². The van der Waals surface area contributed by atoms with Crippen molar-refractivity contribution in [3.05, 3.63) is 81.0 Å². The van der Waals surface area contributed by atoms with Gasteiger partial charge in [-0.05, 0) is 111 Å². The first-order valence-electron chi connectivity index (χ1n) is 16.0. The topological polar surface area (TPSA) is 79.2 Å². The van der Waals surface area contributed by atoms with E-state index in [1.165, 1.54) is 23.7 Å². The summed E-state index contributed by atoms with van der Waals surface area (Å²) < 4.78 is 123. The molecule has 1 aliphatic carbocycles. The maximum absolute atomic E-state index is 13.9. The van der Waals surface area contributed by atoms with Crippen molar-refractivity contribution >= 4 is 11.8 Å². The molecule has 0 amide bonds. The van der Waals surface area contributed by atoms with E-state index in [2.05, 4.69) is 15.7 Å². The summed E-state index contributed by atoms with van der Waals surface area (Å²) in [7, 11) is 0. The number of rotatable bonds is 12. The molecule has 6 nitrogen and oxygen atoms in total. The van der Waals surface area contributed by atoms with Crippen LogP contribution in [0, 0.1) is 25.7 Å². The smallest absolute Gasteiger partial charge is 0.416 e. The first-order valence-corrected chi connectivity index (χ1v) is 16.0. The lowest BCUT2D eigenvalue weighted by atomic mass is 9.80. The Balaban J connectivity index is 1.54. The van der Waals surface area contributed by atoms with Gasteiger partial charge in [0.2, 0.25) is 0 Å². The average molecular weight is 707 g/mol. The fraction of sp³-hybridized carbons (Fsp3) is 0.529. The normalized spacial score (nSPS) is 18.0. The van der Waals surface area contributed by atoms with Gasteiger partial charge >= 0.3 is 24.5 Å². The molecular weight excluding hydrogens is 667 g/mol. The summed E-state index contributed by atoms with van der Waals surface area (Å²) >= 11 is 0. The van der Waals surface area contributed by atoms with E-state index in [-0.39, 0.29) is 47.9 Å². The van der Waals surface area contributed by atoms with E-state index >= 15 is 0 Å². The summed E-state index contributed by atoms with van der Waals surface area (Å²) in [5.74, 6) is -0.198. The highest BCUT2D eigenvalue weighted by Gasteiger charge is 2.37. The molecule has 0 bridgehead atoms. The van der Waals surface area contributed by atoms with Crippen LogP contribution in [0.5, 0.6) is 0 Å². The van der Waals surface area contributed by atoms with Gasteiger partial charge in [-0.15, -0.1) is 0 Å². The van der Waals surface area contributed by atoms with Gasteiger partial charge in [-0.25, -0.2) is 0 Å². The minimum absolute atomic E-state index is 0.0477. The van der Waals surface area contributed by atoms with Crippen molar-refractivity contribution in [1.29, 1.82) is 0 Å². The third kappa shape index (κ3) is 10.1. The van der Waals surface area contributed by atoms with Crippen molar-refractivity contribution in [3.63, 3.8) is 0 Å². The molecule has 1 saturated carbocycles. The number of benzene rings is 2. The summed E-state index contributed by atoms with van der Waals surface area (Å²) in [6.45, 7) is 4.98. The van der Waals surface area contributed by atoms with Crippen LogP contribution in [0.2, 0.25) is 0 Å². The largest absolute Gasteiger partial charge is 0.481 e. The first kappa shape index (κ1) is 38.1. The number of carboxylic acid groups (broad SMARTS) is 1. The summed E-state index contributed by atoms with van der Waals surface area (Å²) in [6.07, 6.45) is -10.6. The number of hydrogen-bond donors (Lipinski definition) is 3. The van der Waals surface area contributed by atoms with Gasteiger partial charge in [0.25, 0.3) is 0 Å². The lowest BCUT2D eigenvalue weighted by Crippen LogP contribution is -2.31. The average Bonchev–Trinajstić information content (AvgIpc) is 3.34. The van der Waals surface area contributed by atoms with Gasteiger partial charge in [0.1, 0.15) is 5.82 Å². The Hall–Kier alpha value is -3.75. The number of hydrogen-bond acceptors (Lipinski definition) is 4. The summed E-state index contributed by atoms with van der Waals surface area (Å²) in [4.78, 5) is 11.1. The van der Waals surface area contributed by atoms with E-state index in [1.807, 2.05) is 6.92 Å². The Morgan fingerprint density at radius 1 is 0.878 bits per heavy atom. The number of halogens is 9. The second kappa shape index (κ2) is 15.0. The number of anilines is 1. The molecule has 1 aromatic heterocycles. The van der Waals surface area contributed by atoms with E-state index in [1.54, 1.807) is 6.92 Å². The quantitative estimate of drug-likeness (QED) is 0.164. The number of aliphatic carboxylic acids is 1. The number of carbonyl (C=O) groups is 1. The standard InChI is InChI=1S/C34H39F9N4O2/c1-4-29(44-16-22-7-5-21(6-8-22)13-31(48)49)27-9-19(2)28(34(41,42)43)14-24(27)17-45-30-10-20(3)47(46-30)18-23-11-25(32(35,36)37)15-26(12-23)33(38,39)40/h9-12,14-15,21-22,29,44H,4-8,13,16-18H2,1-3H3,(H,45,46)(H,48,49). The molecule has 1 heterocycles. The summed E-state index contributed by atoms with van der Waals surface area (Å²) in [6, 6.07) is 5.11. The maximum Gasteiger partial charge on any atom is 0.416 e. The number of alkyl halides is 9. The van der Waals surface area contributed by atoms with Gasteiger partial charge in [-0.2, -0.15) is 44.6 Å². The third-order valence-electron chi connectivity index (χ3n) is 9.08. The van der Waals surface area contributed by atoms with E-state index in [4.69, 9.17) is 5.11 Å². The predicted molar refractivity (Wildman–Crippen MR) is 165 cm³/mol. The van der Waals surface area contributed by atoms with E-state index in [0.717, 1.165) is 31.7 Å². The zero-order chi connectivity index (χ0) is 36.3. The maximum atomic E-state index is 13.9. The molecule has 0 saturated heterocycles. The monoisotopic (exact) mass is 706 g/mol. The van der Waals surface area contributed by atoms with Gasteiger partial charge < -0.3 is 15.7 Å². The van der Waals surface area contributed by atoms with E-state index < -0.39 is 47.7 Å². The van der Waals surface area contributed by atoms with Crippen LogP contribution in [0.15, 0.2) is 36.4 Å². The summed E-state index contributed by atoms with van der Waals surface area (Å²) in [5.41, 5.74) is -2.51. The van der Waals surface area contributed by atoms with Gasteiger partial charge in [-0.1, -0.05) is 13.0 Å². The van der Waals surface area contributed by atoms with Crippen LogP contribution in [0.1, 0.15) is 96.1 Å². The molecule has 0 aliphatic heterocycles.